The zero-order valence-electron chi connectivity index (χ0n) is 15.7. The second-order valence-electron chi connectivity index (χ2n) is 7.35. The van der Waals surface area contributed by atoms with E-state index in [0.717, 1.165) is 36.3 Å². The van der Waals surface area contributed by atoms with Gasteiger partial charge in [0.2, 0.25) is 0 Å². The van der Waals surface area contributed by atoms with E-state index in [2.05, 4.69) is 41.9 Å². The first-order valence-electron chi connectivity index (χ1n) is 9.26. The standard InChI is InChI=1S/C22H24N4O/c1-14-3-4-15(2)17(11-14)12-26-10-9-19-20(13-26)24-21(25-22(19)27)16-5-7-18(23)8-6-16/h3-8,11H,9-10,12-13,23H2,1-2H3,(H,24,25,27). The van der Waals surface area contributed by atoms with Gasteiger partial charge in [0.05, 0.1) is 5.69 Å². The quantitative estimate of drug-likeness (QED) is 0.704. The zero-order chi connectivity index (χ0) is 19.0. The van der Waals surface area contributed by atoms with E-state index >= 15 is 0 Å². The van der Waals surface area contributed by atoms with Crippen LogP contribution in [0.15, 0.2) is 47.3 Å². The van der Waals surface area contributed by atoms with Crippen molar-refractivity contribution in [2.24, 2.45) is 0 Å². The molecule has 0 bridgehead atoms. The molecule has 0 saturated heterocycles. The Bertz CT molecular complexity index is 1040. The van der Waals surface area contributed by atoms with Gasteiger partial charge in [0.25, 0.3) is 5.56 Å². The molecule has 1 aromatic heterocycles. The number of nitrogens with one attached hydrogen (secondary N) is 1. The van der Waals surface area contributed by atoms with Crippen molar-refractivity contribution in [1.29, 1.82) is 0 Å². The lowest BCUT2D eigenvalue weighted by Crippen LogP contribution is -2.35. The molecule has 1 aliphatic heterocycles. The third-order valence-electron chi connectivity index (χ3n) is 5.24. The van der Waals surface area contributed by atoms with Gasteiger partial charge in [-0.15, -0.1) is 0 Å². The van der Waals surface area contributed by atoms with Gasteiger partial charge in [-0.2, -0.15) is 0 Å². The molecule has 3 N–H and O–H groups in total. The lowest BCUT2D eigenvalue weighted by molar-refractivity contribution is 0.240. The molecule has 27 heavy (non-hydrogen) atoms. The SMILES string of the molecule is Cc1ccc(C)c(CN2CCc3c(nc(-c4ccc(N)cc4)[nH]c3=O)C2)c1. The summed E-state index contributed by atoms with van der Waals surface area (Å²) in [7, 11) is 0. The Morgan fingerprint density at radius 3 is 2.70 bits per heavy atom. The van der Waals surface area contributed by atoms with Crippen LogP contribution in [0.1, 0.15) is 27.9 Å². The van der Waals surface area contributed by atoms with E-state index < -0.39 is 0 Å². The maximum absolute atomic E-state index is 12.5. The van der Waals surface area contributed by atoms with Crippen LogP contribution in [0.25, 0.3) is 11.4 Å². The van der Waals surface area contributed by atoms with Crippen molar-refractivity contribution in [3.05, 3.63) is 80.8 Å². The Balaban J connectivity index is 1.62. The molecule has 0 aliphatic carbocycles. The van der Waals surface area contributed by atoms with Crippen molar-refractivity contribution in [3.63, 3.8) is 0 Å². The molecule has 3 aromatic rings. The van der Waals surface area contributed by atoms with E-state index in [1.165, 1.54) is 16.7 Å². The van der Waals surface area contributed by atoms with Gasteiger partial charge in [0.15, 0.2) is 0 Å². The molecular formula is C22H24N4O. The molecule has 5 nitrogen and oxygen atoms in total. The molecule has 0 spiro atoms. The summed E-state index contributed by atoms with van der Waals surface area (Å²) >= 11 is 0. The number of aromatic nitrogens is 2. The van der Waals surface area contributed by atoms with Crippen molar-refractivity contribution in [2.45, 2.75) is 33.4 Å². The van der Waals surface area contributed by atoms with Gasteiger partial charge in [-0.3, -0.25) is 9.69 Å². The van der Waals surface area contributed by atoms with Crippen molar-refractivity contribution < 1.29 is 0 Å². The number of benzene rings is 2. The summed E-state index contributed by atoms with van der Waals surface area (Å²) in [6.07, 6.45) is 0.727. The number of anilines is 1. The Morgan fingerprint density at radius 1 is 1.15 bits per heavy atom. The number of hydrogen-bond donors (Lipinski definition) is 2. The van der Waals surface area contributed by atoms with Gasteiger partial charge < -0.3 is 10.7 Å². The maximum atomic E-state index is 12.5. The average molecular weight is 360 g/mol. The highest BCUT2D eigenvalue weighted by atomic mass is 16.1. The number of nitrogens with zero attached hydrogens (tertiary/aromatic N) is 2. The first kappa shape index (κ1) is 17.5. The number of H-pyrrole nitrogens is 1. The molecule has 2 aromatic carbocycles. The molecule has 5 heteroatoms. The second kappa shape index (κ2) is 7.00. The van der Waals surface area contributed by atoms with Crippen LogP contribution < -0.4 is 11.3 Å². The van der Waals surface area contributed by atoms with Crippen molar-refractivity contribution in [3.8, 4) is 11.4 Å². The monoisotopic (exact) mass is 360 g/mol. The van der Waals surface area contributed by atoms with Crippen LogP contribution in [-0.4, -0.2) is 21.4 Å². The van der Waals surface area contributed by atoms with Crippen LogP contribution in [-0.2, 0) is 19.5 Å². The molecule has 0 radical (unpaired) electrons. The van der Waals surface area contributed by atoms with Crippen molar-refractivity contribution >= 4 is 5.69 Å². The summed E-state index contributed by atoms with van der Waals surface area (Å²) in [4.78, 5) is 22.6. The summed E-state index contributed by atoms with van der Waals surface area (Å²) in [6.45, 7) is 6.70. The summed E-state index contributed by atoms with van der Waals surface area (Å²) in [6, 6.07) is 14.0. The van der Waals surface area contributed by atoms with E-state index in [1.807, 2.05) is 24.3 Å². The number of aryl methyl sites for hydroxylation is 2. The number of rotatable bonds is 3. The van der Waals surface area contributed by atoms with Crippen LogP contribution in [0, 0.1) is 13.8 Å². The first-order chi connectivity index (χ1) is 13.0. The van der Waals surface area contributed by atoms with Crippen LogP contribution in [0.5, 0.6) is 0 Å². The molecule has 2 heterocycles. The van der Waals surface area contributed by atoms with E-state index in [0.29, 0.717) is 18.1 Å². The molecule has 0 amide bonds. The Morgan fingerprint density at radius 2 is 1.93 bits per heavy atom. The topological polar surface area (TPSA) is 75.0 Å². The Hall–Kier alpha value is -2.92. The molecule has 138 valence electrons. The lowest BCUT2D eigenvalue weighted by Gasteiger charge is -2.28. The highest BCUT2D eigenvalue weighted by Crippen LogP contribution is 2.22. The van der Waals surface area contributed by atoms with Gasteiger partial charge in [-0.05, 0) is 55.7 Å². The number of fused-ring (bicyclic) bond motifs is 1. The Kier molecular flexibility index (Phi) is 4.54. The molecule has 0 unspecified atom stereocenters. The molecule has 4 rings (SSSR count). The molecule has 0 atom stereocenters. The van der Waals surface area contributed by atoms with E-state index in [1.54, 1.807) is 0 Å². The minimum Gasteiger partial charge on any atom is -0.399 e. The zero-order valence-corrected chi connectivity index (χ0v) is 15.7. The van der Waals surface area contributed by atoms with Gasteiger partial charge >= 0.3 is 0 Å². The third kappa shape index (κ3) is 3.64. The number of nitrogens with two attached hydrogens (primary N) is 1. The first-order valence-corrected chi connectivity index (χ1v) is 9.26. The fraction of sp³-hybridized carbons (Fsp3) is 0.273. The van der Waals surface area contributed by atoms with Crippen LogP contribution in [0.2, 0.25) is 0 Å². The largest absolute Gasteiger partial charge is 0.399 e. The number of aromatic amines is 1. The van der Waals surface area contributed by atoms with Gasteiger partial charge in [-0.25, -0.2) is 4.98 Å². The fourth-order valence-corrected chi connectivity index (χ4v) is 3.62. The summed E-state index contributed by atoms with van der Waals surface area (Å²) in [5.41, 5.74) is 12.9. The summed E-state index contributed by atoms with van der Waals surface area (Å²) < 4.78 is 0. The van der Waals surface area contributed by atoms with Crippen molar-refractivity contribution in [2.75, 3.05) is 12.3 Å². The van der Waals surface area contributed by atoms with Gasteiger partial charge in [0.1, 0.15) is 5.82 Å². The average Bonchev–Trinajstić information content (AvgIpc) is 2.65. The van der Waals surface area contributed by atoms with Gasteiger partial charge in [0, 0.05) is 36.4 Å². The van der Waals surface area contributed by atoms with E-state index in [9.17, 15) is 4.79 Å². The normalized spacial score (nSPS) is 14.1. The molecule has 0 saturated carbocycles. The maximum Gasteiger partial charge on any atom is 0.254 e. The smallest absolute Gasteiger partial charge is 0.254 e. The highest BCUT2D eigenvalue weighted by Gasteiger charge is 2.22. The van der Waals surface area contributed by atoms with Crippen LogP contribution in [0.3, 0.4) is 0 Å². The van der Waals surface area contributed by atoms with Crippen LogP contribution >= 0.6 is 0 Å². The minimum absolute atomic E-state index is 0.0294. The van der Waals surface area contributed by atoms with Gasteiger partial charge in [-0.1, -0.05) is 23.8 Å². The Labute approximate surface area is 158 Å². The summed E-state index contributed by atoms with van der Waals surface area (Å²) in [5, 5.41) is 0. The minimum atomic E-state index is -0.0294. The predicted molar refractivity (Wildman–Crippen MR) is 108 cm³/mol. The predicted octanol–water partition coefficient (Wildman–Crippen LogP) is 3.19. The lowest BCUT2D eigenvalue weighted by atomic mass is 10.0. The van der Waals surface area contributed by atoms with Crippen molar-refractivity contribution in [1.82, 2.24) is 14.9 Å². The highest BCUT2D eigenvalue weighted by molar-refractivity contribution is 5.58. The fourth-order valence-electron chi connectivity index (χ4n) is 3.62. The van der Waals surface area contributed by atoms with E-state index in [-0.39, 0.29) is 5.56 Å². The number of hydrogen-bond acceptors (Lipinski definition) is 4. The summed E-state index contributed by atoms with van der Waals surface area (Å²) in [5.74, 6) is 0.604. The molecule has 1 aliphatic rings. The van der Waals surface area contributed by atoms with Crippen LogP contribution in [0.4, 0.5) is 5.69 Å². The third-order valence-corrected chi connectivity index (χ3v) is 5.24. The van der Waals surface area contributed by atoms with E-state index in [4.69, 9.17) is 10.7 Å². The second-order valence-corrected chi connectivity index (χ2v) is 7.35. The molecule has 0 fully saturated rings. The molecular weight excluding hydrogens is 336 g/mol. The number of nitrogen functional groups attached to an aromatic ring is 1.